The Hall–Kier alpha value is -3.90. The summed E-state index contributed by atoms with van der Waals surface area (Å²) in [6, 6.07) is 25.2. The van der Waals surface area contributed by atoms with Gasteiger partial charge in [-0.1, -0.05) is 60.7 Å². The van der Waals surface area contributed by atoms with E-state index >= 15 is 0 Å². The van der Waals surface area contributed by atoms with Crippen molar-refractivity contribution < 1.29 is 19.1 Å². The van der Waals surface area contributed by atoms with E-state index in [0.717, 1.165) is 29.7 Å². The molecule has 5 nitrogen and oxygen atoms in total. The molecule has 0 aliphatic rings. The molecule has 0 saturated carbocycles. The van der Waals surface area contributed by atoms with E-state index in [9.17, 15) is 9.59 Å². The smallest absolute Gasteiger partial charge is 0.341 e. The summed E-state index contributed by atoms with van der Waals surface area (Å²) in [6.45, 7) is 2.00. The standard InChI is InChI=1S/C29H27NO4S/c1-3-34-29(32)26-25(22-15-17-23(33-2)18-16-22)19-35-28(26)30-27(31)24-12-8-7-11-21(24)14-13-20-9-5-4-6-10-20/h4-12,15-19H,3,13-14H2,1-2H3,(H,30,31). The first kappa shape index (κ1) is 24.2. The highest BCUT2D eigenvalue weighted by Gasteiger charge is 2.24. The number of carbonyl (C=O) groups is 2. The molecule has 0 bridgehead atoms. The number of methoxy groups -OCH3 is 1. The molecular formula is C29H27NO4S. The summed E-state index contributed by atoms with van der Waals surface area (Å²) in [4.78, 5) is 26.2. The van der Waals surface area contributed by atoms with Crippen LogP contribution in [0.4, 0.5) is 5.00 Å². The normalized spacial score (nSPS) is 10.6. The Morgan fingerprint density at radius 2 is 1.60 bits per heavy atom. The van der Waals surface area contributed by atoms with E-state index in [-0.39, 0.29) is 12.5 Å². The summed E-state index contributed by atoms with van der Waals surface area (Å²) in [6.07, 6.45) is 1.57. The van der Waals surface area contributed by atoms with Crippen LogP contribution in [0.25, 0.3) is 11.1 Å². The lowest BCUT2D eigenvalue weighted by Crippen LogP contribution is -2.16. The third-order valence-electron chi connectivity index (χ3n) is 5.69. The van der Waals surface area contributed by atoms with Gasteiger partial charge in [-0.15, -0.1) is 11.3 Å². The molecule has 1 aromatic heterocycles. The van der Waals surface area contributed by atoms with Crippen LogP contribution < -0.4 is 10.1 Å². The number of thiophene rings is 1. The molecule has 0 spiro atoms. The number of aryl methyl sites for hydroxylation is 2. The molecule has 0 radical (unpaired) electrons. The highest BCUT2D eigenvalue weighted by molar-refractivity contribution is 7.15. The molecule has 0 saturated heterocycles. The van der Waals surface area contributed by atoms with Crippen molar-refractivity contribution in [2.75, 3.05) is 19.0 Å². The van der Waals surface area contributed by atoms with Gasteiger partial charge >= 0.3 is 5.97 Å². The minimum atomic E-state index is -0.466. The maximum Gasteiger partial charge on any atom is 0.341 e. The average molecular weight is 486 g/mol. The number of hydrogen-bond acceptors (Lipinski definition) is 5. The zero-order valence-electron chi connectivity index (χ0n) is 19.7. The lowest BCUT2D eigenvalue weighted by molar-refractivity contribution is 0.0529. The van der Waals surface area contributed by atoms with Crippen LogP contribution in [0.3, 0.4) is 0 Å². The number of nitrogens with one attached hydrogen (secondary N) is 1. The predicted molar refractivity (Wildman–Crippen MR) is 141 cm³/mol. The molecule has 1 N–H and O–H groups in total. The molecule has 6 heteroatoms. The van der Waals surface area contributed by atoms with Crippen molar-refractivity contribution in [3.8, 4) is 16.9 Å². The summed E-state index contributed by atoms with van der Waals surface area (Å²) in [5, 5.41) is 5.31. The van der Waals surface area contributed by atoms with Crippen molar-refractivity contribution in [3.63, 3.8) is 0 Å². The number of benzene rings is 3. The molecule has 1 heterocycles. The fourth-order valence-electron chi connectivity index (χ4n) is 3.89. The van der Waals surface area contributed by atoms with Gasteiger partial charge < -0.3 is 14.8 Å². The molecule has 1 amide bonds. The van der Waals surface area contributed by atoms with Crippen LogP contribution in [0.15, 0.2) is 84.2 Å². The second kappa shape index (κ2) is 11.5. The molecule has 4 aromatic rings. The molecule has 4 rings (SSSR count). The Bertz CT molecular complexity index is 1300. The van der Waals surface area contributed by atoms with Crippen molar-refractivity contribution in [2.45, 2.75) is 19.8 Å². The van der Waals surface area contributed by atoms with E-state index in [4.69, 9.17) is 9.47 Å². The van der Waals surface area contributed by atoms with Gasteiger partial charge in [-0.25, -0.2) is 4.79 Å². The lowest BCUT2D eigenvalue weighted by Gasteiger charge is -2.12. The molecular weight excluding hydrogens is 458 g/mol. The monoisotopic (exact) mass is 485 g/mol. The first-order valence-electron chi connectivity index (χ1n) is 11.5. The maximum absolute atomic E-state index is 13.3. The molecule has 0 aliphatic carbocycles. The summed E-state index contributed by atoms with van der Waals surface area (Å²) in [5.41, 5.74) is 4.68. The molecule has 178 valence electrons. The minimum absolute atomic E-state index is 0.242. The van der Waals surface area contributed by atoms with Crippen LogP contribution in [-0.2, 0) is 17.6 Å². The fraction of sp³-hybridized carbons (Fsp3) is 0.172. The Balaban J connectivity index is 1.61. The maximum atomic E-state index is 13.3. The van der Waals surface area contributed by atoms with Crippen molar-refractivity contribution >= 4 is 28.2 Å². The van der Waals surface area contributed by atoms with Gasteiger partial charge in [-0.2, -0.15) is 0 Å². The number of anilines is 1. The zero-order chi connectivity index (χ0) is 24.6. The van der Waals surface area contributed by atoms with E-state index < -0.39 is 5.97 Å². The van der Waals surface area contributed by atoms with Crippen LogP contribution in [-0.4, -0.2) is 25.6 Å². The summed E-state index contributed by atoms with van der Waals surface area (Å²) in [5.74, 6) is 0.0110. The Morgan fingerprint density at radius 1 is 0.886 bits per heavy atom. The fourth-order valence-corrected chi connectivity index (χ4v) is 4.85. The zero-order valence-corrected chi connectivity index (χ0v) is 20.6. The molecule has 0 aliphatic heterocycles. The lowest BCUT2D eigenvalue weighted by atomic mass is 9.99. The first-order valence-corrected chi connectivity index (χ1v) is 12.3. The molecule has 35 heavy (non-hydrogen) atoms. The summed E-state index contributed by atoms with van der Waals surface area (Å²) in [7, 11) is 1.61. The number of amides is 1. The van der Waals surface area contributed by atoms with Gasteiger partial charge in [-0.05, 0) is 54.7 Å². The summed E-state index contributed by atoms with van der Waals surface area (Å²) >= 11 is 1.31. The Morgan fingerprint density at radius 3 is 2.31 bits per heavy atom. The van der Waals surface area contributed by atoms with Gasteiger partial charge in [0, 0.05) is 16.5 Å². The SMILES string of the molecule is CCOC(=O)c1c(-c2ccc(OC)cc2)csc1NC(=O)c1ccccc1CCc1ccccc1. The topological polar surface area (TPSA) is 64.6 Å². The van der Waals surface area contributed by atoms with Gasteiger partial charge in [0.15, 0.2) is 0 Å². The number of rotatable bonds is 9. The third kappa shape index (κ3) is 5.78. The van der Waals surface area contributed by atoms with Crippen LogP contribution in [0.1, 0.15) is 38.8 Å². The number of esters is 1. The first-order chi connectivity index (χ1) is 17.1. The van der Waals surface area contributed by atoms with Crippen molar-refractivity contribution in [1.29, 1.82) is 0 Å². The number of carbonyl (C=O) groups excluding carboxylic acids is 2. The van der Waals surface area contributed by atoms with Crippen LogP contribution in [0.2, 0.25) is 0 Å². The van der Waals surface area contributed by atoms with Crippen LogP contribution in [0, 0.1) is 0 Å². The average Bonchev–Trinajstić information content (AvgIpc) is 3.32. The quantitative estimate of drug-likeness (QED) is 0.270. The van der Waals surface area contributed by atoms with Gasteiger partial charge in [0.05, 0.1) is 13.7 Å². The second-order valence-electron chi connectivity index (χ2n) is 7.90. The van der Waals surface area contributed by atoms with Crippen LogP contribution in [0.5, 0.6) is 5.75 Å². The molecule has 0 unspecified atom stereocenters. The number of ether oxygens (including phenoxy) is 2. The minimum Gasteiger partial charge on any atom is -0.497 e. The van der Waals surface area contributed by atoms with E-state index in [0.29, 0.717) is 21.7 Å². The third-order valence-corrected chi connectivity index (χ3v) is 6.58. The van der Waals surface area contributed by atoms with E-state index in [1.165, 1.54) is 16.9 Å². The molecule has 0 atom stereocenters. The Labute approximate surface area is 209 Å². The van der Waals surface area contributed by atoms with Crippen LogP contribution >= 0.6 is 11.3 Å². The Kier molecular flexibility index (Phi) is 7.95. The molecule has 0 fully saturated rings. The van der Waals surface area contributed by atoms with Gasteiger partial charge in [-0.3, -0.25) is 4.79 Å². The van der Waals surface area contributed by atoms with E-state index in [2.05, 4.69) is 17.4 Å². The van der Waals surface area contributed by atoms with Gasteiger partial charge in [0.25, 0.3) is 5.91 Å². The summed E-state index contributed by atoms with van der Waals surface area (Å²) < 4.78 is 10.6. The predicted octanol–water partition coefficient (Wildman–Crippen LogP) is 6.64. The second-order valence-corrected chi connectivity index (χ2v) is 8.78. The van der Waals surface area contributed by atoms with Crippen molar-refractivity contribution in [3.05, 3.63) is 106 Å². The van der Waals surface area contributed by atoms with E-state index in [1.54, 1.807) is 14.0 Å². The molecule has 3 aromatic carbocycles. The van der Waals surface area contributed by atoms with Gasteiger partial charge in [0.2, 0.25) is 0 Å². The van der Waals surface area contributed by atoms with Crippen molar-refractivity contribution in [1.82, 2.24) is 0 Å². The highest BCUT2D eigenvalue weighted by Crippen LogP contribution is 2.37. The largest absolute Gasteiger partial charge is 0.497 e. The number of hydrogen-bond donors (Lipinski definition) is 1. The van der Waals surface area contributed by atoms with E-state index in [1.807, 2.05) is 72.1 Å². The highest BCUT2D eigenvalue weighted by atomic mass is 32.1. The van der Waals surface area contributed by atoms with Gasteiger partial charge in [0.1, 0.15) is 16.3 Å². The van der Waals surface area contributed by atoms with Crippen molar-refractivity contribution in [2.24, 2.45) is 0 Å².